The van der Waals surface area contributed by atoms with Gasteiger partial charge in [-0.25, -0.2) is 0 Å². The highest BCUT2D eigenvalue weighted by Gasteiger charge is 2.19. The van der Waals surface area contributed by atoms with Crippen molar-refractivity contribution >= 4 is 17.9 Å². The Morgan fingerprint density at radius 1 is 0.253 bits per heavy atom. The van der Waals surface area contributed by atoms with Crippen LogP contribution in [0, 0.1) is 0 Å². The average Bonchev–Trinajstić information content (AvgIpc) is 3.50. The molecule has 0 N–H and O–H groups in total. The molecule has 6 nitrogen and oxygen atoms in total. The lowest BCUT2D eigenvalue weighted by Crippen LogP contribution is -2.30. The molecular weight excluding hydrogens is 1020 g/mol. The van der Waals surface area contributed by atoms with Crippen molar-refractivity contribution in [3.8, 4) is 0 Å². The number of ether oxygens (including phenoxy) is 3. The van der Waals surface area contributed by atoms with Gasteiger partial charge in [0.2, 0.25) is 0 Å². The van der Waals surface area contributed by atoms with Crippen LogP contribution >= 0.6 is 0 Å². The van der Waals surface area contributed by atoms with Crippen LogP contribution in [-0.4, -0.2) is 37.2 Å². The van der Waals surface area contributed by atoms with E-state index >= 15 is 0 Å². The number of carbonyl (C=O) groups is 3. The Bertz CT molecular complexity index is 1570. The van der Waals surface area contributed by atoms with E-state index in [1.165, 1.54) is 225 Å². The van der Waals surface area contributed by atoms with Crippen molar-refractivity contribution in [1.29, 1.82) is 0 Å². The van der Waals surface area contributed by atoms with Crippen LogP contribution in [0.2, 0.25) is 0 Å². The van der Waals surface area contributed by atoms with Gasteiger partial charge in [-0.2, -0.15) is 0 Å². The Labute approximate surface area is 515 Å². The second kappa shape index (κ2) is 71.1. The molecule has 0 spiro atoms. The molecule has 0 radical (unpaired) electrons. The molecule has 0 rings (SSSR count). The van der Waals surface area contributed by atoms with Gasteiger partial charge in [0.15, 0.2) is 6.10 Å². The molecule has 0 bridgehead atoms. The summed E-state index contributed by atoms with van der Waals surface area (Å²) < 4.78 is 17.0. The molecule has 0 heterocycles. The molecule has 83 heavy (non-hydrogen) atoms. The van der Waals surface area contributed by atoms with Gasteiger partial charge < -0.3 is 14.2 Å². The average molecular weight is 1160 g/mol. The van der Waals surface area contributed by atoms with Crippen molar-refractivity contribution in [1.82, 2.24) is 0 Å². The minimum absolute atomic E-state index is 0.0806. The second-order valence-corrected chi connectivity index (χ2v) is 24.1. The van der Waals surface area contributed by atoms with E-state index in [1.807, 2.05) is 0 Å². The van der Waals surface area contributed by atoms with E-state index in [0.29, 0.717) is 19.3 Å². The largest absolute Gasteiger partial charge is 0.462 e. The molecule has 0 saturated carbocycles. The minimum Gasteiger partial charge on any atom is -0.462 e. The number of hydrogen-bond donors (Lipinski definition) is 0. The van der Waals surface area contributed by atoms with Crippen molar-refractivity contribution in [3.63, 3.8) is 0 Å². The van der Waals surface area contributed by atoms with E-state index in [2.05, 4.69) is 106 Å². The first kappa shape index (κ1) is 79.6. The van der Waals surface area contributed by atoms with Crippen LogP contribution in [0.4, 0.5) is 0 Å². The van der Waals surface area contributed by atoms with Gasteiger partial charge in [-0.05, 0) is 116 Å². The van der Waals surface area contributed by atoms with Gasteiger partial charge in [-0.1, -0.05) is 318 Å². The Kier molecular flexibility index (Phi) is 68.2. The first-order chi connectivity index (χ1) is 41.0. The van der Waals surface area contributed by atoms with Crippen LogP contribution in [0.15, 0.2) is 85.1 Å². The van der Waals surface area contributed by atoms with Crippen molar-refractivity contribution < 1.29 is 28.6 Å². The van der Waals surface area contributed by atoms with E-state index in [1.54, 1.807) is 0 Å². The van der Waals surface area contributed by atoms with Gasteiger partial charge in [0.1, 0.15) is 13.2 Å². The molecule has 0 amide bonds. The summed E-state index contributed by atoms with van der Waals surface area (Å²) >= 11 is 0. The maximum absolute atomic E-state index is 13.0. The molecule has 1 unspecified atom stereocenters. The highest BCUT2D eigenvalue weighted by Crippen LogP contribution is 2.17. The summed E-state index contributed by atoms with van der Waals surface area (Å²) in [6, 6.07) is 0. The molecule has 0 fully saturated rings. The summed E-state index contributed by atoms with van der Waals surface area (Å²) in [6.07, 6.45) is 94.6. The predicted molar refractivity (Wildman–Crippen MR) is 362 cm³/mol. The van der Waals surface area contributed by atoms with Crippen molar-refractivity contribution in [3.05, 3.63) is 85.1 Å². The highest BCUT2D eigenvalue weighted by atomic mass is 16.6. The van der Waals surface area contributed by atoms with Crippen molar-refractivity contribution in [2.75, 3.05) is 13.2 Å². The van der Waals surface area contributed by atoms with Crippen LogP contribution in [-0.2, 0) is 28.6 Å². The number of hydrogen-bond acceptors (Lipinski definition) is 6. The normalized spacial score (nSPS) is 12.6. The van der Waals surface area contributed by atoms with Gasteiger partial charge in [-0.3, -0.25) is 14.4 Å². The fourth-order valence-corrected chi connectivity index (χ4v) is 10.5. The summed E-state index contributed by atoms with van der Waals surface area (Å²) in [5, 5.41) is 0. The van der Waals surface area contributed by atoms with Gasteiger partial charge in [0.25, 0.3) is 0 Å². The summed E-state index contributed by atoms with van der Waals surface area (Å²) in [5.41, 5.74) is 0. The Hall–Kier alpha value is -3.41. The Balaban J connectivity index is 4.33. The van der Waals surface area contributed by atoms with E-state index in [-0.39, 0.29) is 31.1 Å². The predicted octanol–water partition coefficient (Wildman–Crippen LogP) is 25.0. The number of rotatable bonds is 66. The topological polar surface area (TPSA) is 78.9 Å². The van der Waals surface area contributed by atoms with Crippen molar-refractivity contribution in [2.45, 2.75) is 374 Å². The lowest BCUT2D eigenvalue weighted by atomic mass is 10.0. The third kappa shape index (κ3) is 69.3. The summed E-state index contributed by atoms with van der Waals surface area (Å²) in [6.45, 7) is 6.55. The first-order valence-corrected chi connectivity index (χ1v) is 36.1. The van der Waals surface area contributed by atoms with Gasteiger partial charge in [-0.15, -0.1) is 0 Å². The van der Waals surface area contributed by atoms with Crippen LogP contribution in [0.1, 0.15) is 367 Å². The van der Waals surface area contributed by atoms with Crippen LogP contribution < -0.4 is 0 Å². The molecular formula is C77H136O6. The van der Waals surface area contributed by atoms with Gasteiger partial charge >= 0.3 is 17.9 Å². The van der Waals surface area contributed by atoms with E-state index in [0.717, 1.165) is 103 Å². The van der Waals surface area contributed by atoms with E-state index < -0.39 is 6.10 Å². The highest BCUT2D eigenvalue weighted by molar-refractivity contribution is 5.71. The number of unbranched alkanes of at least 4 members (excludes halogenated alkanes) is 41. The van der Waals surface area contributed by atoms with E-state index in [4.69, 9.17) is 14.2 Å². The summed E-state index contributed by atoms with van der Waals surface area (Å²) in [4.78, 5) is 38.5. The minimum atomic E-state index is -0.787. The lowest BCUT2D eigenvalue weighted by Gasteiger charge is -2.18. The zero-order valence-electron chi connectivity index (χ0n) is 55.2. The molecule has 480 valence electrons. The lowest BCUT2D eigenvalue weighted by molar-refractivity contribution is -0.167. The standard InChI is InChI=1S/C77H136O6/c1-4-7-10-13-16-19-22-25-28-31-34-35-36-37-38-39-40-41-44-46-49-52-55-58-61-64-67-70-76(79)82-73-74(83-77(80)71-68-65-62-59-56-53-50-47-43-33-30-27-24-21-18-15-12-9-6-3)72-81-75(78)69-66-63-60-57-54-51-48-45-42-32-29-26-23-20-17-14-11-8-5-2/h9,12,18,21-22,25-27,29-31,34,43,47,74H,4-8,10-11,13-17,19-20,23-24,28,32-33,35-42,44-46,48-73H2,1-3H3/b12-9-,21-18-,25-22-,29-26-,30-27-,34-31-,47-43-. The van der Waals surface area contributed by atoms with Crippen molar-refractivity contribution in [2.24, 2.45) is 0 Å². The molecule has 0 aromatic rings. The molecule has 0 aromatic carbocycles. The monoisotopic (exact) mass is 1160 g/mol. The molecule has 6 heteroatoms. The SMILES string of the molecule is CC/C=C\C/C=C\C/C=C\C/C=C\CCCCCCCCC(=O)OC(COC(=O)CCCCCCCCCCC/C=C\CCCCCCCC)COC(=O)CCCCCCCCCCCCCCCCC/C=C\C/C=C\CCCCCCC. The zero-order valence-corrected chi connectivity index (χ0v) is 55.2. The number of carbonyl (C=O) groups excluding carboxylic acids is 3. The molecule has 1 atom stereocenters. The molecule has 0 aliphatic heterocycles. The smallest absolute Gasteiger partial charge is 0.306 e. The van der Waals surface area contributed by atoms with Crippen LogP contribution in [0.5, 0.6) is 0 Å². The second-order valence-electron chi connectivity index (χ2n) is 24.1. The van der Waals surface area contributed by atoms with E-state index in [9.17, 15) is 14.4 Å². The zero-order chi connectivity index (χ0) is 59.9. The third-order valence-electron chi connectivity index (χ3n) is 15.9. The van der Waals surface area contributed by atoms with Gasteiger partial charge in [0, 0.05) is 19.3 Å². The van der Waals surface area contributed by atoms with Crippen LogP contribution in [0.25, 0.3) is 0 Å². The third-order valence-corrected chi connectivity index (χ3v) is 15.9. The number of esters is 3. The first-order valence-electron chi connectivity index (χ1n) is 36.1. The quantitative estimate of drug-likeness (QED) is 0.0261. The van der Waals surface area contributed by atoms with Gasteiger partial charge in [0.05, 0.1) is 0 Å². The van der Waals surface area contributed by atoms with Crippen LogP contribution in [0.3, 0.4) is 0 Å². The summed E-state index contributed by atoms with van der Waals surface area (Å²) in [7, 11) is 0. The fourth-order valence-electron chi connectivity index (χ4n) is 10.5. The fraction of sp³-hybridized carbons (Fsp3) is 0.779. The molecule has 0 saturated heterocycles. The Morgan fingerprint density at radius 3 is 0.747 bits per heavy atom. The maximum atomic E-state index is 13.0. The summed E-state index contributed by atoms with van der Waals surface area (Å²) in [5.74, 6) is -0.877. The molecule has 0 aliphatic carbocycles. The Morgan fingerprint density at radius 2 is 0.470 bits per heavy atom. The number of allylic oxidation sites excluding steroid dienone is 14. The maximum Gasteiger partial charge on any atom is 0.306 e. The molecule has 0 aliphatic rings. The molecule has 0 aromatic heterocycles.